The van der Waals surface area contributed by atoms with E-state index in [0.29, 0.717) is 11.8 Å². The van der Waals surface area contributed by atoms with Crippen LogP contribution < -0.4 is 0 Å². The number of rotatable bonds is 1. The molecule has 0 aliphatic heterocycles. The third kappa shape index (κ3) is 2.06. The van der Waals surface area contributed by atoms with Crippen molar-refractivity contribution in [2.24, 2.45) is 0 Å². The van der Waals surface area contributed by atoms with Crippen LogP contribution in [0.2, 0.25) is 0 Å². The van der Waals surface area contributed by atoms with Gasteiger partial charge >= 0.3 is 0 Å². The van der Waals surface area contributed by atoms with Gasteiger partial charge in [-0.2, -0.15) is 0 Å². The fourth-order valence-corrected chi connectivity index (χ4v) is 5.45. The average molecular weight is 358 g/mol. The molecule has 2 aliphatic rings. The Labute approximate surface area is 166 Å². The summed E-state index contributed by atoms with van der Waals surface area (Å²) in [5, 5.41) is 0. The largest absolute Gasteiger partial charge is 0.0619 e. The van der Waals surface area contributed by atoms with Crippen molar-refractivity contribution in [2.75, 3.05) is 0 Å². The second kappa shape index (κ2) is 5.69. The zero-order valence-corrected chi connectivity index (χ0v) is 16.2. The van der Waals surface area contributed by atoms with E-state index in [1.54, 1.807) is 0 Å². The van der Waals surface area contributed by atoms with E-state index in [1.807, 2.05) is 0 Å². The van der Waals surface area contributed by atoms with Crippen LogP contribution in [-0.2, 0) is 0 Å². The summed E-state index contributed by atoms with van der Waals surface area (Å²) < 4.78 is 0. The van der Waals surface area contributed by atoms with Gasteiger partial charge in [-0.25, -0.2) is 0 Å². The number of aryl methyl sites for hydroxylation is 2. The maximum Gasteiger partial charge on any atom is 0.0212 e. The Kier molecular flexibility index (Phi) is 3.23. The standard InChI is InChI=1S/C28H22/c1-17-11-13-21-22-14-12-18(2)16-26(22)28(25(21)15-17)27-23-9-5-3-7-19(23)20-8-4-6-10-24(20)27/h3-16,27-28H,1-2H3. The lowest BCUT2D eigenvalue weighted by atomic mass is 9.78. The smallest absolute Gasteiger partial charge is 0.0212 e. The summed E-state index contributed by atoms with van der Waals surface area (Å²) in [6, 6.07) is 32.0. The molecule has 4 aromatic rings. The highest BCUT2D eigenvalue weighted by atomic mass is 14.4. The van der Waals surface area contributed by atoms with Crippen molar-refractivity contribution in [3.8, 4) is 22.3 Å². The van der Waals surface area contributed by atoms with Gasteiger partial charge in [0.05, 0.1) is 0 Å². The molecule has 0 N–H and O–H groups in total. The molecule has 6 rings (SSSR count). The van der Waals surface area contributed by atoms with Crippen molar-refractivity contribution in [1.29, 1.82) is 0 Å². The topological polar surface area (TPSA) is 0 Å². The summed E-state index contributed by atoms with van der Waals surface area (Å²) in [4.78, 5) is 0. The van der Waals surface area contributed by atoms with Gasteiger partial charge in [0.15, 0.2) is 0 Å². The molecule has 0 atom stereocenters. The van der Waals surface area contributed by atoms with Crippen LogP contribution >= 0.6 is 0 Å². The summed E-state index contributed by atoms with van der Waals surface area (Å²) in [6.45, 7) is 4.42. The van der Waals surface area contributed by atoms with Crippen molar-refractivity contribution in [3.63, 3.8) is 0 Å². The van der Waals surface area contributed by atoms with Crippen LogP contribution in [0.25, 0.3) is 22.3 Å². The first-order valence-electron chi connectivity index (χ1n) is 10.1. The first kappa shape index (κ1) is 15.9. The maximum absolute atomic E-state index is 2.42. The Morgan fingerprint density at radius 2 is 0.821 bits per heavy atom. The van der Waals surface area contributed by atoms with Crippen molar-refractivity contribution >= 4 is 0 Å². The summed E-state index contributed by atoms with van der Waals surface area (Å²) in [5.41, 5.74) is 14.2. The molecule has 0 heterocycles. The molecular weight excluding hydrogens is 336 g/mol. The fraction of sp³-hybridized carbons (Fsp3) is 0.143. The molecule has 134 valence electrons. The summed E-state index contributed by atoms with van der Waals surface area (Å²) in [6.07, 6.45) is 0. The van der Waals surface area contributed by atoms with E-state index in [1.165, 1.54) is 55.6 Å². The van der Waals surface area contributed by atoms with E-state index >= 15 is 0 Å². The predicted octanol–water partition coefficient (Wildman–Crippen LogP) is 7.23. The van der Waals surface area contributed by atoms with Gasteiger partial charge in [0.2, 0.25) is 0 Å². The van der Waals surface area contributed by atoms with Gasteiger partial charge in [0.1, 0.15) is 0 Å². The van der Waals surface area contributed by atoms with Crippen LogP contribution in [0.15, 0.2) is 84.9 Å². The first-order valence-corrected chi connectivity index (χ1v) is 10.1. The molecule has 0 saturated carbocycles. The van der Waals surface area contributed by atoms with Gasteiger partial charge < -0.3 is 0 Å². The minimum atomic E-state index is 0.370. The Morgan fingerprint density at radius 1 is 0.429 bits per heavy atom. The van der Waals surface area contributed by atoms with Gasteiger partial charge in [0.25, 0.3) is 0 Å². The molecule has 0 spiro atoms. The summed E-state index contributed by atoms with van der Waals surface area (Å²) in [7, 11) is 0. The van der Waals surface area contributed by atoms with Crippen LogP contribution in [0.4, 0.5) is 0 Å². The predicted molar refractivity (Wildman–Crippen MR) is 117 cm³/mol. The lowest BCUT2D eigenvalue weighted by Crippen LogP contribution is -2.10. The Morgan fingerprint density at radius 3 is 1.32 bits per heavy atom. The molecule has 0 heteroatoms. The van der Waals surface area contributed by atoms with Crippen molar-refractivity contribution in [1.82, 2.24) is 0 Å². The number of hydrogen-bond acceptors (Lipinski definition) is 0. The molecule has 28 heavy (non-hydrogen) atoms. The van der Waals surface area contributed by atoms with Crippen LogP contribution in [0.3, 0.4) is 0 Å². The monoisotopic (exact) mass is 358 g/mol. The molecule has 0 radical (unpaired) electrons. The minimum Gasteiger partial charge on any atom is -0.0619 e. The second-order valence-electron chi connectivity index (χ2n) is 8.31. The third-order valence-corrected chi connectivity index (χ3v) is 6.59. The van der Waals surface area contributed by atoms with E-state index in [4.69, 9.17) is 0 Å². The van der Waals surface area contributed by atoms with Crippen molar-refractivity contribution in [2.45, 2.75) is 25.7 Å². The van der Waals surface area contributed by atoms with Crippen molar-refractivity contribution in [3.05, 3.63) is 118 Å². The quantitative estimate of drug-likeness (QED) is 0.337. The Bertz CT molecular complexity index is 1150. The Balaban J connectivity index is 1.68. The van der Waals surface area contributed by atoms with Gasteiger partial charge in [-0.05, 0) is 58.4 Å². The highest BCUT2D eigenvalue weighted by Gasteiger charge is 2.40. The Hall–Kier alpha value is -3.12. The second-order valence-corrected chi connectivity index (χ2v) is 8.31. The zero-order valence-electron chi connectivity index (χ0n) is 16.2. The molecule has 0 aromatic heterocycles. The maximum atomic E-state index is 2.42. The third-order valence-electron chi connectivity index (χ3n) is 6.59. The van der Waals surface area contributed by atoms with E-state index in [0.717, 1.165) is 0 Å². The minimum absolute atomic E-state index is 0.370. The average Bonchev–Trinajstić information content (AvgIpc) is 3.19. The van der Waals surface area contributed by atoms with Crippen LogP contribution in [0.5, 0.6) is 0 Å². The van der Waals surface area contributed by atoms with E-state index < -0.39 is 0 Å². The van der Waals surface area contributed by atoms with Gasteiger partial charge in [-0.1, -0.05) is 96.1 Å². The van der Waals surface area contributed by atoms with E-state index in [-0.39, 0.29) is 0 Å². The summed E-state index contributed by atoms with van der Waals surface area (Å²) in [5.74, 6) is 0.741. The van der Waals surface area contributed by atoms with Crippen LogP contribution in [-0.4, -0.2) is 0 Å². The van der Waals surface area contributed by atoms with E-state index in [2.05, 4.69) is 98.8 Å². The SMILES string of the molecule is Cc1ccc2c(c1)C(C1c3ccccc3-c3ccccc31)c1cc(C)ccc1-2. The summed E-state index contributed by atoms with van der Waals surface area (Å²) >= 11 is 0. The molecule has 4 aromatic carbocycles. The number of benzene rings is 4. The molecule has 0 bridgehead atoms. The highest BCUT2D eigenvalue weighted by Crippen LogP contribution is 2.58. The highest BCUT2D eigenvalue weighted by molar-refractivity contribution is 5.85. The molecule has 0 unspecified atom stereocenters. The molecular formula is C28H22. The van der Waals surface area contributed by atoms with Crippen LogP contribution in [0.1, 0.15) is 45.2 Å². The molecule has 2 aliphatic carbocycles. The van der Waals surface area contributed by atoms with Crippen molar-refractivity contribution < 1.29 is 0 Å². The van der Waals surface area contributed by atoms with Crippen LogP contribution in [0, 0.1) is 13.8 Å². The van der Waals surface area contributed by atoms with E-state index in [9.17, 15) is 0 Å². The van der Waals surface area contributed by atoms with Gasteiger partial charge in [0, 0.05) is 11.8 Å². The zero-order chi connectivity index (χ0) is 18.8. The molecule has 0 saturated heterocycles. The molecule has 0 amide bonds. The normalized spacial score (nSPS) is 14.5. The fourth-order valence-electron chi connectivity index (χ4n) is 5.45. The number of hydrogen-bond donors (Lipinski definition) is 0. The number of fused-ring (bicyclic) bond motifs is 6. The molecule has 0 fully saturated rings. The first-order chi connectivity index (χ1) is 13.7. The van der Waals surface area contributed by atoms with Gasteiger partial charge in [-0.15, -0.1) is 0 Å². The lowest BCUT2D eigenvalue weighted by molar-refractivity contribution is 0.722. The van der Waals surface area contributed by atoms with Gasteiger partial charge in [-0.3, -0.25) is 0 Å². The lowest BCUT2D eigenvalue weighted by Gasteiger charge is -2.24. The molecule has 0 nitrogen and oxygen atoms in total.